The molecule has 0 saturated carbocycles. The maximum absolute atomic E-state index is 12.4. The Morgan fingerprint density at radius 2 is 1.84 bits per heavy atom. The van der Waals surface area contributed by atoms with Gasteiger partial charge < -0.3 is 15.1 Å². The number of aromatic nitrogens is 5. The maximum atomic E-state index is 12.4. The highest BCUT2D eigenvalue weighted by molar-refractivity contribution is 5.89. The Bertz CT molecular complexity index is 886. The van der Waals surface area contributed by atoms with E-state index in [0.717, 1.165) is 17.2 Å². The van der Waals surface area contributed by atoms with Crippen LogP contribution in [-0.4, -0.2) is 61.7 Å². The van der Waals surface area contributed by atoms with Crippen molar-refractivity contribution in [3.8, 4) is 0 Å². The third-order valence-corrected chi connectivity index (χ3v) is 4.16. The third-order valence-electron chi connectivity index (χ3n) is 4.16. The van der Waals surface area contributed by atoms with Gasteiger partial charge in [-0.25, -0.2) is 9.78 Å². The topological polar surface area (TPSA) is 91.5 Å². The van der Waals surface area contributed by atoms with Crippen LogP contribution in [0, 0.1) is 6.92 Å². The summed E-state index contributed by atoms with van der Waals surface area (Å²) in [6.07, 6.45) is 6.79. The van der Waals surface area contributed by atoms with Gasteiger partial charge in [-0.2, -0.15) is 4.52 Å². The zero-order chi connectivity index (χ0) is 17.2. The van der Waals surface area contributed by atoms with E-state index in [4.69, 9.17) is 0 Å². The Morgan fingerprint density at radius 1 is 1.08 bits per heavy atom. The molecule has 0 atom stereocenters. The second-order valence-corrected chi connectivity index (χ2v) is 5.83. The smallest absolute Gasteiger partial charge is 0.321 e. The molecule has 3 aromatic heterocycles. The van der Waals surface area contributed by atoms with Crippen LogP contribution >= 0.6 is 0 Å². The number of rotatable bonds is 2. The van der Waals surface area contributed by atoms with Crippen molar-refractivity contribution < 1.29 is 4.79 Å². The second-order valence-electron chi connectivity index (χ2n) is 5.83. The molecule has 1 saturated heterocycles. The average molecular weight is 338 g/mol. The minimum atomic E-state index is -0.0983. The minimum Gasteiger partial charge on any atom is -0.352 e. The van der Waals surface area contributed by atoms with Crippen LogP contribution in [-0.2, 0) is 0 Å². The van der Waals surface area contributed by atoms with Gasteiger partial charge in [0.25, 0.3) is 0 Å². The van der Waals surface area contributed by atoms with E-state index in [1.807, 2.05) is 6.92 Å². The Hall–Kier alpha value is -3.23. The number of nitrogens with zero attached hydrogens (tertiary/aromatic N) is 7. The number of nitrogens with one attached hydrogen (secondary N) is 1. The van der Waals surface area contributed by atoms with Gasteiger partial charge in [0.05, 0.1) is 12.4 Å². The molecule has 4 heterocycles. The zero-order valence-electron chi connectivity index (χ0n) is 13.8. The first-order chi connectivity index (χ1) is 12.2. The molecule has 3 aromatic rings. The predicted octanol–water partition coefficient (Wildman–Crippen LogP) is 1.18. The molecular weight excluding hydrogens is 320 g/mol. The molecular formula is C16H18N8O. The quantitative estimate of drug-likeness (QED) is 0.754. The molecule has 2 amide bonds. The van der Waals surface area contributed by atoms with E-state index in [1.165, 1.54) is 0 Å². The molecule has 9 heteroatoms. The Labute approximate surface area is 144 Å². The Morgan fingerprint density at radius 3 is 2.60 bits per heavy atom. The van der Waals surface area contributed by atoms with Gasteiger partial charge in [-0.05, 0) is 19.1 Å². The third kappa shape index (κ3) is 3.08. The largest absolute Gasteiger partial charge is 0.352 e. The maximum Gasteiger partial charge on any atom is 0.321 e. The highest BCUT2D eigenvalue weighted by Gasteiger charge is 2.23. The van der Waals surface area contributed by atoms with Gasteiger partial charge in [-0.1, -0.05) is 0 Å². The van der Waals surface area contributed by atoms with E-state index in [1.54, 1.807) is 46.3 Å². The lowest BCUT2D eigenvalue weighted by Crippen LogP contribution is -2.50. The summed E-state index contributed by atoms with van der Waals surface area (Å²) in [4.78, 5) is 28.9. The molecule has 0 unspecified atom stereocenters. The molecule has 4 rings (SSSR count). The van der Waals surface area contributed by atoms with Crippen LogP contribution in [0.5, 0.6) is 0 Å². The number of pyridine rings is 1. The molecule has 0 radical (unpaired) electrons. The lowest BCUT2D eigenvalue weighted by molar-refractivity contribution is 0.208. The van der Waals surface area contributed by atoms with E-state index in [9.17, 15) is 4.79 Å². The monoisotopic (exact) mass is 338 g/mol. The van der Waals surface area contributed by atoms with E-state index >= 15 is 0 Å². The van der Waals surface area contributed by atoms with Gasteiger partial charge in [0.1, 0.15) is 5.82 Å². The molecule has 1 N–H and O–H groups in total. The van der Waals surface area contributed by atoms with Crippen LogP contribution in [0.15, 0.2) is 36.9 Å². The standard InChI is InChI=1S/C16H18N8O/c1-12-19-14-10-18-11-15(24(14)21-12)22-6-8-23(9-7-22)16(25)20-13-2-4-17-5-3-13/h2-5,10-11H,6-9H2,1H3,(H,17,20,25). The van der Waals surface area contributed by atoms with Crippen molar-refractivity contribution in [3.63, 3.8) is 0 Å². The molecule has 1 aliphatic heterocycles. The zero-order valence-corrected chi connectivity index (χ0v) is 13.8. The molecule has 0 aliphatic carbocycles. The summed E-state index contributed by atoms with van der Waals surface area (Å²) in [5.41, 5.74) is 1.47. The highest BCUT2D eigenvalue weighted by Crippen LogP contribution is 2.17. The van der Waals surface area contributed by atoms with Crippen molar-refractivity contribution in [3.05, 3.63) is 42.7 Å². The molecule has 9 nitrogen and oxygen atoms in total. The SMILES string of the molecule is Cc1nc2cncc(N3CCN(C(=O)Nc4ccncc4)CC3)n2n1. The number of hydrogen-bond donors (Lipinski definition) is 1. The van der Waals surface area contributed by atoms with Crippen LogP contribution in [0.4, 0.5) is 16.3 Å². The lowest BCUT2D eigenvalue weighted by atomic mass is 10.3. The number of hydrogen-bond acceptors (Lipinski definition) is 6. The van der Waals surface area contributed by atoms with Crippen LogP contribution in [0.2, 0.25) is 0 Å². The summed E-state index contributed by atoms with van der Waals surface area (Å²) in [6, 6.07) is 3.44. The molecule has 0 aromatic carbocycles. The average Bonchev–Trinajstić information content (AvgIpc) is 3.03. The molecule has 0 bridgehead atoms. The molecule has 1 fully saturated rings. The van der Waals surface area contributed by atoms with E-state index in [0.29, 0.717) is 32.0 Å². The number of carbonyl (C=O) groups is 1. The summed E-state index contributed by atoms with van der Waals surface area (Å²) < 4.78 is 1.80. The van der Waals surface area contributed by atoms with Crippen LogP contribution in [0.1, 0.15) is 5.82 Å². The van der Waals surface area contributed by atoms with Crippen molar-refractivity contribution in [1.82, 2.24) is 29.5 Å². The fourth-order valence-electron chi connectivity index (χ4n) is 2.90. The first-order valence-electron chi connectivity index (χ1n) is 8.09. The number of urea groups is 1. The van der Waals surface area contributed by atoms with Crippen molar-refractivity contribution in [2.24, 2.45) is 0 Å². The van der Waals surface area contributed by atoms with Gasteiger partial charge in [-0.15, -0.1) is 5.10 Å². The Kier molecular flexibility index (Phi) is 3.88. The van der Waals surface area contributed by atoms with Gasteiger partial charge >= 0.3 is 6.03 Å². The van der Waals surface area contributed by atoms with Crippen LogP contribution in [0.25, 0.3) is 5.65 Å². The number of anilines is 2. The summed E-state index contributed by atoms with van der Waals surface area (Å²) in [5.74, 6) is 1.61. The first kappa shape index (κ1) is 15.3. The lowest BCUT2D eigenvalue weighted by Gasteiger charge is -2.35. The first-order valence-corrected chi connectivity index (χ1v) is 8.09. The van der Waals surface area contributed by atoms with Crippen molar-refractivity contribution in [2.75, 3.05) is 36.4 Å². The van der Waals surface area contributed by atoms with Gasteiger partial charge in [0.15, 0.2) is 11.5 Å². The van der Waals surface area contributed by atoms with Gasteiger partial charge in [0, 0.05) is 44.3 Å². The fourth-order valence-corrected chi connectivity index (χ4v) is 2.90. The molecule has 1 aliphatic rings. The Balaban J connectivity index is 1.43. The van der Waals surface area contributed by atoms with Gasteiger partial charge in [0.2, 0.25) is 0 Å². The summed E-state index contributed by atoms with van der Waals surface area (Å²) in [6.45, 7) is 4.53. The van der Waals surface area contributed by atoms with Crippen molar-refractivity contribution in [1.29, 1.82) is 0 Å². The number of carbonyl (C=O) groups excluding carboxylic acids is 1. The second kappa shape index (κ2) is 6.34. The van der Waals surface area contributed by atoms with Crippen molar-refractivity contribution >= 4 is 23.2 Å². The van der Waals surface area contributed by atoms with Crippen LogP contribution in [0.3, 0.4) is 0 Å². The van der Waals surface area contributed by atoms with Crippen molar-refractivity contribution in [2.45, 2.75) is 6.92 Å². The number of fused-ring (bicyclic) bond motifs is 1. The molecule has 128 valence electrons. The molecule has 25 heavy (non-hydrogen) atoms. The normalized spacial score (nSPS) is 14.8. The number of amides is 2. The highest BCUT2D eigenvalue weighted by atomic mass is 16.2. The summed E-state index contributed by atoms with van der Waals surface area (Å²) >= 11 is 0. The number of piperazine rings is 1. The van der Waals surface area contributed by atoms with Crippen LogP contribution < -0.4 is 10.2 Å². The van der Waals surface area contributed by atoms with E-state index in [2.05, 4.69) is 30.3 Å². The van der Waals surface area contributed by atoms with E-state index < -0.39 is 0 Å². The van der Waals surface area contributed by atoms with Gasteiger partial charge in [-0.3, -0.25) is 9.97 Å². The fraction of sp³-hybridized carbons (Fsp3) is 0.312. The molecule has 0 spiro atoms. The predicted molar refractivity (Wildman–Crippen MR) is 92.6 cm³/mol. The minimum absolute atomic E-state index is 0.0983. The van der Waals surface area contributed by atoms with E-state index in [-0.39, 0.29) is 6.03 Å². The summed E-state index contributed by atoms with van der Waals surface area (Å²) in [5, 5.41) is 7.31. The summed E-state index contributed by atoms with van der Waals surface area (Å²) in [7, 11) is 0. The number of aryl methyl sites for hydroxylation is 1.